The van der Waals surface area contributed by atoms with E-state index in [0.717, 1.165) is 50.6 Å². The van der Waals surface area contributed by atoms with Crippen molar-refractivity contribution in [3.05, 3.63) is 65.7 Å². The Labute approximate surface area is 207 Å². The van der Waals surface area contributed by atoms with Crippen LogP contribution in [0.1, 0.15) is 30.4 Å². The minimum atomic E-state index is -0.435. The lowest BCUT2D eigenvalue weighted by atomic mass is 9.69. The SMILES string of the molecule is COc1ccc2c3c1O[C@@H]1CC(O)C=CC31CCN(CCN1CC3CC1CN3c1ccccc1)C2. The smallest absolute Gasteiger partial charge is 0.166 e. The van der Waals surface area contributed by atoms with Gasteiger partial charge in [-0.2, -0.15) is 0 Å². The van der Waals surface area contributed by atoms with Gasteiger partial charge in [-0.15, -0.1) is 0 Å². The second-order valence-corrected chi connectivity index (χ2v) is 11.0. The zero-order valence-electron chi connectivity index (χ0n) is 20.5. The standard InChI is InChI=1S/C29H35N3O3/c1-34-25-8-7-20-17-30(12-11-29-10-9-24(33)16-26(29)35-28(25)27(20)29)13-14-31-18-23-15-22(31)19-32(23)21-5-3-2-4-6-21/h2-10,22-24,26,33H,11-19H2,1H3/t22?,23?,24?,26-,29?/m1/s1. The molecule has 4 heterocycles. The van der Waals surface area contributed by atoms with E-state index in [-0.39, 0.29) is 11.5 Å². The molecule has 35 heavy (non-hydrogen) atoms. The average molecular weight is 474 g/mol. The molecule has 2 bridgehead atoms. The Hall–Kier alpha value is -2.54. The lowest BCUT2D eigenvalue weighted by molar-refractivity contribution is 0.0801. The summed E-state index contributed by atoms with van der Waals surface area (Å²) >= 11 is 0. The van der Waals surface area contributed by atoms with Gasteiger partial charge in [0.15, 0.2) is 11.5 Å². The number of hydrogen-bond donors (Lipinski definition) is 1. The van der Waals surface area contributed by atoms with Crippen molar-refractivity contribution in [2.24, 2.45) is 0 Å². The highest BCUT2D eigenvalue weighted by Crippen LogP contribution is 2.55. The van der Waals surface area contributed by atoms with Crippen molar-refractivity contribution in [1.82, 2.24) is 9.80 Å². The van der Waals surface area contributed by atoms with E-state index in [1.165, 1.54) is 29.8 Å². The van der Waals surface area contributed by atoms with Crippen molar-refractivity contribution < 1.29 is 14.6 Å². The van der Waals surface area contributed by atoms with Crippen LogP contribution < -0.4 is 14.4 Å². The van der Waals surface area contributed by atoms with E-state index in [1.54, 1.807) is 7.11 Å². The van der Waals surface area contributed by atoms with Gasteiger partial charge in [-0.3, -0.25) is 9.80 Å². The normalized spacial score (nSPS) is 33.4. The van der Waals surface area contributed by atoms with Crippen LogP contribution in [0.3, 0.4) is 0 Å². The molecule has 1 aliphatic carbocycles. The van der Waals surface area contributed by atoms with E-state index < -0.39 is 6.10 Å². The molecule has 0 radical (unpaired) electrons. The van der Waals surface area contributed by atoms with Crippen molar-refractivity contribution >= 4 is 5.69 Å². The van der Waals surface area contributed by atoms with Crippen LogP contribution in [0.4, 0.5) is 5.69 Å². The summed E-state index contributed by atoms with van der Waals surface area (Å²) in [5.41, 5.74) is 3.86. The molecule has 0 amide bonds. The summed E-state index contributed by atoms with van der Waals surface area (Å²) in [5.74, 6) is 1.71. The lowest BCUT2D eigenvalue weighted by Crippen LogP contribution is -2.48. The van der Waals surface area contributed by atoms with Crippen LogP contribution in [0.5, 0.6) is 11.5 Å². The Morgan fingerprint density at radius 2 is 1.94 bits per heavy atom. The second kappa shape index (κ2) is 8.26. The first-order chi connectivity index (χ1) is 17.1. The lowest BCUT2D eigenvalue weighted by Gasteiger charge is -2.37. The molecule has 5 atom stereocenters. The van der Waals surface area contributed by atoms with E-state index in [0.29, 0.717) is 18.5 Å². The summed E-state index contributed by atoms with van der Waals surface area (Å²) < 4.78 is 12.1. The third-order valence-corrected chi connectivity index (χ3v) is 9.18. The number of ether oxygens (including phenoxy) is 2. The topological polar surface area (TPSA) is 48.4 Å². The van der Waals surface area contributed by atoms with Gasteiger partial charge in [0.2, 0.25) is 0 Å². The van der Waals surface area contributed by atoms with Gasteiger partial charge in [-0.05, 0) is 43.1 Å². The van der Waals surface area contributed by atoms with Gasteiger partial charge in [-0.25, -0.2) is 0 Å². The summed E-state index contributed by atoms with van der Waals surface area (Å²) in [4.78, 5) is 7.96. The summed E-state index contributed by atoms with van der Waals surface area (Å²) in [6.07, 6.45) is 6.70. The van der Waals surface area contributed by atoms with Crippen molar-refractivity contribution in [3.63, 3.8) is 0 Å². The predicted molar refractivity (Wildman–Crippen MR) is 136 cm³/mol. The molecule has 5 aliphatic rings. The van der Waals surface area contributed by atoms with Gasteiger partial charge in [0.1, 0.15) is 6.10 Å². The molecule has 4 aliphatic heterocycles. The van der Waals surface area contributed by atoms with Crippen LogP contribution in [-0.2, 0) is 12.0 Å². The molecule has 2 aromatic carbocycles. The first-order valence-corrected chi connectivity index (χ1v) is 13.2. The van der Waals surface area contributed by atoms with Gasteiger partial charge in [0.05, 0.1) is 18.6 Å². The first kappa shape index (κ1) is 21.7. The van der Waals surface area contributed by atoms with Crippen LogP contribution in [0.15, 0.2) is 54.6 Å². The van der Waals surface area contributed by atoms with Gasteiger partial charge in [0.25, 0.3) is 0 Å². The average Bonchev–Trinajstić information content (AvgIpc) is 3.54. The minimum absolute atomic E-state index is 0.0224. The van der Waals surface area contributed by atoms with Gasteiger partial charge < -0.3 is 19.5 Å². The van der Waals surface area contributed by atoms with Gasteiger partial charge in [-0.1, -0.05) is 36.4 Å². The Morgan fingerprint density at radius 3 is 2.74 bits per heavy atom. The number of fused-ring (bicyclic) bond motifs is 2. The van der Waals surface area contributed by atoms with Gasteiger partial charge >= 0.3 is 0 Å². The molecular weight excluding hydrogens is 438 g/mol. The summed E-state index contributed by atoms with van der Waals surface area (Å²) in [5, 5.41) is 10.3. The predicted octanol–water partition coefficient (Wildman–Crippen LogP) is 3.18. The summed E-state index contributed by atoms with van der Waals surface area (Å²) in [7, 11) is 1.71. The fraction of sp³-hybridized carbons (Fsp3) is 0.517. The number of likely N-dealkylation sites (tertiary alicyclic amines) is 1. The molecule has 1 N–H and O–H groups in total. The molecule has 6 nitrogen and oxygen atoms in total. The molecule has 0 saturated carbocycles. The number of aliphatic hydroxyl groups is 1. The number of aliphatic hydroxyl groups excluding tert-OH is 1. The highest BCUT2D eigenvalue weighted by Gasteiger charge is 2.53. The molecule has 2 aromatic rings. The van der Waals surface area contributed by atoms with Gasteiger partial charge in [0, 0.05) is 62.5 Å². The molecular formula is C29H35N3O3. The van der Waals surface area contributed by atoms with E-state index in [9.17, 15) is 5.11 Å². The number of piperazine rings is 1. The zero-order chi connectivity index (χ0) is 23.6. The maximum atomic E-state index is 10.3. The molecule has 2 fully saturated rings. The monoisotopic (exact) mass is 473 g/mol. The molecule has 1 spiro atoms. The Morgan fingerprint density at radius 1 is 1.06 bits per heavy atom. The first-order valence-electron chi connectivity index (χ1n) is 13.2. The number of para-hydroxylation sites is 1. The Kier molecular flexibility index (Phi) is 5.12. The third kappa shape index (κ3) is 3.41. The number of rotatable bonds is 5. The molecule has 184 valence electrons. The Bertz CT molecular complexity index is 1140. The number of anilines is 1. The largest absolute Gasteiger partial charge is 0.493 e. The zero-order valence-corrected chi connectivity index (χ0v) is 20.5. The summed E-state index contributed by atoms with van der Waals surface area (Å²) in [6, 6.07) is 16.5. The Balaban J connectivity index is 1.07. The van der Waals surface area contributed by atoms with Crippen LogP contribution in [0, 0.1) is 0 Å². The van der Waals surface area contributed by atoms with E-state index in [2.05, 4.69) is 63.2 Å². The molecule has 7 rings (SSSR count). The van der Waals surface area contributed by atoms with Crippen LogP contribution >= 0.6 is 0 Å². The van der Waals surface area contributed by atoms with Crippen molar-refractivity contribution in [3.8, 4) is 11.5 Å². The maximum absolute atomic E-state index is 10.3. The highest BCUT2D eigenvalue weighted by atomic mass is 16.5. The fourth-order valence-electron chi connectivity index (χ4n) is 7.41. The van der Waals surface area contributed by atoms with Crippen molar-refractivity contribution in [2.75, 3.05) is 44.7 Å². The minimum Gasteiger partial charge on any atom is -0.493 e. The maximum Gasteiger partial charge on any atom is 0.166 e. The molecule has 0 aromatic heterocycles. The second-order valence-electron chi connectivity index (χ2n) is 11.0. The molecule has 2 saturated heterocycles. The van der Waals surface area contributed by atoms with E-state index in [1.807, 2.05) is 6.08 Å². The summed E-state index contributed by atoms with van der Waals surface area (Å²) in [6.45, 7) is 6.52. The quantitative estimate of drug-likeness (QED) is 0.674. The fourth-order valence-corrected chi connectivity index (χ4v) is 7.41. The number of methoxy groups -OCH3 is 1. The number of benzene rings is 2. The number of nitrogens with zero attached hydrogens (tertiary/aromatic N) is 3. The van der Waals surface area contributed by atoms with Crippen LogP contribution in [0.2, 0.25) is 0 Å². The number of hydrogen-bond acceptors (Lipinski definition) is 6. The highest BCUT2D eigenvalue weighted by molar-refractivity contribution is 5.61. The third-order valence-electron chi connectivity index (χ3n) is 9.18. The van der Waals surface area contributed by atoms with Crippen LogP contribution in [-0.4, -0.2) is 79.0 Å². The molecule has 4 unspecified atom stereocenters. The van der Waals surface area contributed by atoms with Crippen molar-refractivity contribution in [2.45, 2.75) is 55.5 Å². The van der Waals surface area contributed by atoms with E-state index >= 15 is 0 Å². The molecule has 6 heteroatoms. The van der Waals surface area contributed by atoms with E-state index in [4.69, 9.17) is 9.47 Å². The van der Waals surface area contributed by atoms with Crippen LogP contribution in [0.25, 0.3) is 0 Å². The van der Waals surface area contributed by atoms with Crippen molar-refractivity contribution in [1.29, 1.82) is 0 Å².